The Morgan fingerprint density at radius 1 is 1.16 bits per heavy atom. The Bertz CT molecular complexity index is 1290. The third-order valence-electron chi connectivity index (χ3n) is 5.55. The molecule has 10 heteroatoms. The molecule has 3 aromatic rings. The Hall–Kier alpha value is -3.92. The number of ether oxygens (including phenoxy) is 1. The van der Waals surface area contributed by atoms with Crippen LogP contribution in [-0.2, 0) is 11.3 Å². The number of amides is 3. The maximum Gasteiger partial charge on any atom is 0.328 e. The summed E-state index contributed by atoms with van der Waals surface area (Å²) in [6.07, 6.45) is 0. The monoisotopic (exact) mass is 511 g/mol. The van der Waals surface area contributed by atoms with Crippen LogP contribution in [0.5, 0.6) is 0 Å². The number of halogens is 2. The molecule has 0 fully saturated rings. The Labute approximate surface area is 215 Å². The first-order valence-electron chi connectivity index (χ1n) is 11.9. The number of aryl methyl sites for hydroxylation is 2. The fraction of sp³-hybridized carbons (Fsp3) is 0.333. The minimum Gasteiger partial charge on any atom is -0.385 e. The number of carbonyl (C=O) groups excluding carboxylic acids is 2. The van der Waals surface area contributed by atoms with E-state index in [1.165, 1.54) is 6.07 Å². The third kappa shape index (κ3) is 6.08. The van der Waals surface area contributed by atoms with Crippen molar-refractivity contribution in [3.63, 3.8) is 0 Å². The van der Waals surface area contributed by atoms with Crippen LogP contribution in [0.25, 0.3) is 11.3 Å². The number of methoxy groups -OCH3 is 1. The zero-order valence-electron chi connectivity index (χ0n) is 21.8. The van der Waals surface area contributed by atoms with E-state index in [2.05, 4.69) is 25.3 Å². The quantitative estimate of drug-likeness (QED) is 0.491. The molecule has 2 heterocycles. The number of rotatable bonds is 5. The molecule has 2 N–H and O–H groups in total. The largest absolute Gasteiger partial charge is 0.385 e. The van der Waals surface area contributed by atoms with Crippen molar-refractivity contribution in [2.45, 2.75) is 47.2 Å². The van der Waals surface area contributed by atoms with E-state index in [9.17, 15) is 18.4 Å². The van der Waals surface area contributed by atoms with Crippen molar-refractivity contribution in [1.29, 1.82) is 0 Å². The van der Waals surface area contributed by atoms with E-state index in [0.29, 0.717) is 28.2 Å². The van der Waals surface area contributed by atoms with Crippen LogP contribution in [0.4, 0.5) is 25.1 Å². The van der Waals surface area contributed by atoms with Gasteiger partial charge in [0.1, 0.15) is 23.1 Å². The minimum absolute atomic E-state index is 0.0317. The van der Waals surface area contributed by atoms with Crippen molar-refractivity contribution >= 4 is 23.4 Å². The van der Waals surface area contributed by atoms with Crippen LogP contribution in [0.1, 0.15) is 48.1 Å². The normalized spacial score (nSPS) is 12.5. The molecule has 0 saturated heterocycles. The molecule has 37 heavy (non-hydrogen) atoms. The SMILES string of the molecule is CCOC.Cc1nc(-c2cc(C(=O)NC(C)C)ccc2C)c2c(n1)N(c1c(F)cccc1F)C(=O)NC2. The second-order valence-corrected chi connectivity index (χ2v) is 8.72. The first kappa shape index (κ1) is 27.7. The molecule has 3 amide bonds. The minimum atomic E-state index is -0.889. The van der Waals surface area contributed by atoms with E-state index in [1.807, 2.05) is 33.8 Å². The highest BCUT2D eigenvalue weighted by Gasteiger charge is 2.33. The molecule has 0 spiro atoms. The van der Waals surface area contributed by atoms with Gasteiger partial charge in [0, 0.05) is 36.4 Å². The number of anilines is 2. The van der Waals surface area contributed by atoms with Gasteiger partial charge in [0.2, 0.25) is 0 Å². The zero-order valence-corrected chi connectivity index (χ0v) is 21.8. The highest BCUT2D eigenvalue weighted by molar-refractivity contribution is 6.02. The zero-order chi connectivity index (χ0) is 27.3. The van der Waals surface area contributed by atoms with Crippen molar-refractivity contribution in [1.82, 2.24) is 20.6 Å². The number of aromatic nitrogens is 2. The number of hydrogen-bond donors (Lipinski definition) is 2. The van der Waals surface area contributed by atoms with E-state index < -0.39 is 23.4 Å². The smallest absolute Gasteiger partial charge is 0.328 e. The second kappa shape index (κ2) is 11.9. The van der Waals surface area contributed by atoms with Crippen LogP contribution in [0, 0.1) is 25.5 Å². The van der Waals surface area contributed by atoms with Crippen molar-refractivity contribution < 1.29 is 23.1 Å². The van der Waals surface area contributed by atoms with E-state index in [-0.39, 0.29) is 24.3 Å². The van der Waals surface area contributed by atoms with Crippen molar-refractivity contribution in [3.8, 4) is 11.3 Å². The molecule has 1 aliphatic heterocycles. The van der Waals surface area contributed by atoms with Gasteiger partial charge >= 0.3 is 6.03 Å². The van der Waals surface area contributed by atoms with Gasteiger partial charge < -0.3 is 15.4 Å². The van der Waals surface area contributed by atoms with Crippen LogP contribution in [0.2, 0.25) is 0 Å². The number of carbonyl (C=O) groups is 2. The van der Waals surface area contributed by atoms with Crippen LogP contribution >= 0.6 is 0 Å². The molecule has 0 atom stereocenters. The molecule has 1 aliphatic rings. The molecule has 0 bridgehead atoms. The Morgan fingerprint density at radius 2 is 1.81 bits per heavy atom. The molecule has 4 rings (SSSR count). The fourth-order valence-corrected chi connectivity index (χ4v) is 3.76. The summed E-state index contributed by atoms with van der Waals surface area (Å²) in [6.45, 7) is 10.1. The maximum atomic E-state index is 14.6. The number of hydrogen-bond acceptors (Lipinski definition) is 5. The van der Waals surface area contributed by atoms with Gasteiger partial charge in [-0.05, 0) is 64.4 Å². The van der Waals surface area contributed by atoms with Gasteiger partial charge in [-0.2, -0.15) is 0 Å². The van der Waals surface area contributed by atoms with Gasteiger partial charge in [-0.15, -0.1) is 0 Å². The van der Waals surface area contributed by atoms with Gasteiger partial charge in [0.05, 0.1) is 12.2 Å². The predicted molar refractivity (Wildman–Crippen MR) is 138 cm³/mol. The standard InChI is InChI=1S/C24H23F2N5O2.C3H8O/c1-12(2)28-23(32)15-9-8-13(3)16(10-15)20-17-11-27-24(33)31(22(17)30-14(4)29-20)21-18(25)6-5-7-19(21)26;1-3-4-2/h5-10,12H,11H2,1-4H3,(H,27,33)(H,28,32);3H2,1-2H3. The Balaban J connectivity index is 0.000000886. The lowest BCUT2D eigenvalue weighted by molar-refractivity contribution is 0.0943. The van der Waals surface area contributed by atoms with Crippen molar-refractivity contribution in [2.75, 3.05) is 18.6 Å². The van der Waals surface area contributed by atoms with Crippen LogP contribution in [-0.4, -0.2) is 41.7 Å². The lowest BCUT2D eigenvalue weighted by atomic mass is 9.97. The molecule has 0 saturated carbocycles. The summed E-state index contributed by atoms with van der Waals surface area (Å²) in [5, 5.41) is 5.51. The molecule has 0 radical (unpaired) electrons. The van der Waals surface area contributed by atoms with Crippen LogP contribution < -0.4 is 15.5 Å². The average Bonchev–Trinajstić information content (AvgIpc) is 2.84. The fourth-order valence-electron chi connectivity index (χ4n) is 3.76. The number of nitrogens with one attached hydrogen (secondary N) is 2. The van der Waals surface area contributed by atoms with E-state index in [0.717, 1.165) is 29.2 Å². The predicted octanol–water partition coefficient (Wildman–Crippen LogP) is 5.19. The summed E-state index contributed by atoms with van der Waals surface area (Å²) in [4.78, 5) is 35.1. The van der Waals surface area contributed by atoms with Crippen LogP contribution in [0.3, 0.4) is 0 Å². The van der Waals surface area contributed by atoms with Gasteiger partial charge in [0.15, 0.2) is 5.82 Å². The summed E-state index contributed by atoms with van der Waals surface area (Å²) >= 11 is 0. The topological polar surface area (TPSA) is 96.4 Å². The maximum absolute atomic E-state index is 14.6. The van der Waals surface area contributed by atoms with E-state index >= 15 is 0 Å². The molecular formula is C27H31F2N5O3. The molecule has 0 aliphatic carbocycles. The number of fused-ring (bicyclic) bond motifs is 1. The first-order chi connectivity index (χ1) is 17.6. The van der Waals surface area contributed by atoms with Crippen molar-refractivity contribution in [2.24, 2.45) is 0 Å². The summed E-state index contributed by atoms with van der Waals surface area (Å²) in [5.74, 6) is -1.59. The molecule has 0 unspecified atom stereocenters. The summed E-state index contributed by atoms with van der Waals surface area (Å²) < 4.78 is 33.7. The van der Waals surface area contributed by atoms with Crippen LogP contribution in [0.15, 0.2) is 36.4 Å². The highest BCUT2D eigenvalue weighted by atomic mass is 19.1. The van der Waals surface area contributed by atoms with E-state index in [4.69, 9.17) is 0 Å². The number of urea groups is 1. The molecule has 196 valence electrons. The first-order valence-corrected chi connectivity index (χ1v) is 11.9. The van der Waals surface area contributed by atoms with Gasteiger partial charge in [-0.3, -0.25) is 4.79 Å². The Kier molecular flexibility index (Phi) is 8.88. The summed E-state index contributed by atoms with van der Waals surface area (Å²) in [5.41, 5.74) is 2.42. The van der Waals surface area contributed by atoms with Gasteiger partial charge in [0.25, 0.3) is 5.91 Å². The second-order valence-electron chi connectivity index (χ2n) is 8.72. The average molecular weight is 512 g/mol. The summed E-state index contributed by atoms with van der Waals surface area (Å²) in [7, 11) is 1.68. The lowest BCUT2D eigenvalue weighted by Gasteiger charge is -2.30. The van der Waals surface area contributed by atoms with Gasteiger partial charge in [-0.1, -0.05) is 12.1 Å². The number of benzene rings is 2. The number of para-hydroxylation sites is 1. The molecule has 1 aromatic heterocycles. The molecule has 8 nitrogen and oxygen atoms in total. The third-order valence-corrected chi connectivity index (χ3v) is 5.55. The molecule has 2 aromatic carbocycles. The van der Waals surface area contributed by atoms with Gasteiger partial charge in [-0.25, -0.2) is 28.4 Å². The molecular weight excluding hydrogens is 480 g/mol. The Morgan fingerprint density at radius 3 is 2.41 bits per heavy atom. The lowest BCUT2D eigenvalue weighted by Crippen LogP contribution is -2.43. The summed E-state index contributed by atoms with van der Waals surface area (Å²) in [6, 6.07) is 7.91. The number of nitrogens with zero attached hydrogens (tertiary/aromatic N) is 3. The van der Waals surface area contributed by atoms with Crippen molar-refractivity contribution in [3.05, 3.63) is 70.5 Å². The van der Waals surface area contributed by atoms with E-state index in [1.54, 1.807) is 26.2 Å². The highest BCUT2D eigenvalue weighted by Crippen LogP contribution is 2.38.